The van der Waals surface area contributed by atoms with Crippen molar-refractivity contribution in [3.05, 3.63) is 68.4 Å². The van der Waals surface area contributed by atoms with Crippen molar-refractivity contribution in [2.45, 2.75) is 19.2 Å². The molecule has 2 aromatic carbocycles. The Morgan fingerprint density at radius 1 is 0.900 bits per heavy atom. The highest BCUT2D eigenvalue weighted by molar-refractivity contribution is 9.10. The first kappa shape index (κ1) is 15.4. The average molecular weight is 364 g/mol. The molecule has 0 aromatic heterocycles. The van der Waals surface area contributed by atoms with E-state index in [1.165, 1.54) is 12.1 Å². The van der Waals surface area contributed by atoms with Crippen LogP contribution in [0.5, 0.6) is 0 Å². The van der Waals surface area contributed by atoms with E-state index < -0.39 is 22.8 Å². The molecule has 0 amide bonds. The lowest BCUT2D eigenvalue weighted by Crippen LogP contribution is -2.05. The predicted molar refractivity (Wildman–Crippen MR) is 77.6 cm³/mol. The van der Waals surface area contributed by atoms with Crippen molar-refractivity contribution in [3.63, 3.8) is 0 Å². The summed E-state index contributed by atoms with van der Waals surface area (Å²) in [5.41, 5.74) is 1.41. The highest BCUT2D eigenvalue weighted by Gasteiger charge is 2.23. The number of hydrogen-bond acceptors (Lipinski definition) is 0. The van der Waals surface area contributed by atoms with Crippen molar-refractivity contribution in [3.8, 4) is 0 Å². The molecular formula is C15H11BrClF3. The van der Waals surface area contributed by atoms with E-state index in [4.69, 9.17) is 11.6 Å². The third-order valence-corrected chi connectivity index (χ3v) is 4.00. The maximum absolute atomic E-state index is 14.0. The number of halogens is 5. The Hall–Kier alpha value is -1.00. The van der Waals surface area contributed by atoms with Crippen LogP contribution >= 0.6 is 27.5 Å². The topological polar surface area (TPSA) is 0 Å². The lowest BCUT2D eigenvalue weighted by atomic mass is 9.95. The minimum Gasteiger partial charge on any atom is -0.207 e. The zero-order valence-electron chi connectivity index (χ0n) is 10.8. The molecule has 0 aliphatic heterocycles. The van der Waals surface area contributed by atoms with Gasteiger partial charge in [0.25, 0.3) is 0 Å². The van der Waals surface area contributed by atoms with E-state index in [2.05, 4.69) is 15.9 Å². The van der Waals surface area contributed by atoms with Crippen LogP contribution in [-0.4, -0.2) is 0 Å². The monoisotopic (exact) mass is 362 g/mol. The van der Waals surface area contributed by atoms with Gasteiger partial charge in [0.1, 0.15) is 17.5 Å². The zero-order valence-corrected chi connectivity index (χ0v) is 13.1. The van der Waals surface area contributed by atoms with E-state index in [0.717, 1.165) is 12.1 Å². The molecule has 2 rings (SSSR count). The SMILES string of the molecule is Cc1cc(F)cc(C)c1C(Cl)c1c(F)cc(Br)cc1F. The summed E-state index contributed by atoms with van der Waals surface area (Å²) in [4.78, 5) is 0. The lowest BCUT2D eigenvalue weighted by molar-refractivity contribution is 0.557. The molecule has 0 bridgehead atoms. The van der Waals surface area contributed by atoms with Gasteiger partial charge in [-0.05, 0) is 54.8 Å². The van der Waals surface area contributed by atoms with Crippen LogP contribution in [0.3, 0.4) is 0 Å². The average Bonchev–Trinajstić information content (AvgIpc) is 2.25. The number of hydrogen-bond donors (Lipinski definition) is 0. The fourth-order valence-corrected chi connectivity index (χ4v) is 3.22. The van der Waals surface area contributed by atoms with Gasteiger partial charge in [-0.15, -0.1) is 11.6 Å². The van der Waals surface area contributed by atoms with Crippen molar-refractivity contribution >= 4 is 27.5 Å². The molecule has 0 heterocycles. The summed E-state index contributed by atoms with van der Waals surface area (Å²) < 4.78 is 41.5. The number of benzene rings is 2. The molecule has 0 nitrogen and oxygen atoms in total. The molecule has 0 aliphatic carbocycles. The van der Waals surface area contributed by atoms with E-state index in [-0.39, 0.29) is 5.56 Å². The molecule has 0 aliphatic rings. The number of alkyl halides is 1. The van der Waals surface area contributed by atoms with Gasteiger partial charge in [0, 0.05) is 10.0 Å². The number of rotatable bonds is 2. The lowest BCUT2D eigenvalue weighted by Gasteiger charge is -2.18. The van der Waals surface area contributed by atoms with Crippen LogP contribution in [-0.2, 0) is 0 Å². The third kappa shape index (κ3) is 2.86. The standard InChI is InChI=1S/C15H11BrClF3/c1-7-3-10(18)4-8(2)13(7)15(17)14-11(19)5-9(16)6-12(14)20/h3-6,15H,1-2H3. The molecule has 0 fully saturated rings. The fraction of sp³-hybridized carbons (Fsp3) is 0.200. The first-order valence-corrected chi connectivity index (χ1v) is 7.09. The Bertz CT molecular complexity index is 567. The van der Waals surface area contributed by atoms with E-state index in [0.29, 0.717) is 21.2 Å². The highest BCUT2D eigenvalue weighted by atomic mass is 79.9. The van der Waals surface area contributed by atoms with Gasteiger partial charge < -0.3 is 0 Å². The Balaban J connectivity index is 2.61. The summed E-state index contributed by atoms with van der Waals surface area (Å²) in [5.74, 6) is -1.87. The quantitative estimate of drug-likeness (QED) is 0.591. The van der Waals surface area contributed by atoms with Gasteiger partial charge >= 0.3 is 0 Å². The predicted octanol–water partition coefficient (Wildman–Crippen LogP) is 5.81. The van der Waals surface area contributed by atoms with Crippen LogP contribution in [0.15, 0.2) is 28.7 Å². The van der Waals surface area contributed by atoms with Crippen molar-refractivity contribution in [2.24, 2.45) is 0 Å². The van der Waals surface area contributed by atoms with E-state index in [9.17, 15) is 13.2 Å². The molecule has 0 saturated heterocycles. The molecule has 0 spiro atoms. The molecule has 0 saturated carbocycles. The van der Waals surface area contributed by atoms with Crippen molar-refractivity contribution < 1.29 is 13.2 Å². The fourth-order valence-electron chi connectivity index (χ4n) is 2.26. The van der Waals surface area contributed by atoms with Gasteiger partial charge in [0.15, 0.2) is 0 Å². The van der Waals surface area contributed by atoms with Gasteiger partial charge in [-0.2, -0.15) is 0 Å². The molecule has 1 atom stereocenters. The highest BCUT2D eigenvalue weighted by Crippen LogP contribution is 2.37. The molecule has 5 heteroatoms. The summed E-state index contributed by atoms with van der Waals surface area (Å²) in [5, 5.41) is -1.01. The van der Waals surface area contributed by atoms with Crippen molar-refractivity contribution in [1.29, 1.82) is 0 Å². The summed E-state index contributed by atoms with van der Waals surface area (Å²) in [6.07, 6.45) is 0. The van der Waals surface area contributed by atoms with Gasteiger partial charge in [0.05, 0.1) is 5.38 Å². The molecular weight excluding hydrogens is 353 g/mol. The first-order valence-electron chi connectivity index (χ1n) is 5.86. The van der Waals surface area contributed by atoms with Gasteiger partial charge in [-0.25, -0.2) is 13.2 Å². The molecule has 106 valence electrons. The minimum atomic E-state index is -1.01. The van der Waals surface area contributed by atoms with E-state index in [1.54, 1.807) is 13.8 Å². The molecule has 0 N–H and O–H groups in total. The Morgan fingerprint density at radius 2 is 1.35 bits per heavy atom. The van der Waals surface area contributed by atoms with Gasteiger partial charge in [0.2, 0.25) is 0 Å². The summed E-state index contributed by atoms with van der Waals surface area (Å²) in [7, 11) is 0. The zero-order chi connectivity index (χ0) is 15.0. The van der Waals surface area contributed by atoms with E-state index in [1.807, 2.05) is 0 Å². The van der Waals surface area contributed by atoms with E-state index >= 15 is 0 Å². The number of aryl methyl sites for hydroxylation is 2. The van der Waals surface area contributed by atoms with Crippen LogP contribution in [0.25, 0.3) is 0 Å². The summed E-state index contributed by atoms with van der Waals surface area (Å²) in [6.45, 7) is 3.32. The molecule has 20 heavy (non-hydrogen) atoms. The summed E-state index contributed by atoms with van der Waals surface area (Å²) >= 11 is 9.26. The Kier molecular flexibility index (Phi) is 4.45. The van der Waals surface area contributed by atoms with Crippen LogP contribution < -0.4 is 0 Å². The molecule has 0 radical (unpaired) electrons. The Morgan fingerprint density at radius 3 is 1.80 bits per heavy atom. The Labute approximate surface area is 128 Å². The normalized spacial score (nSPS) is 12.6. The third-order valence-electron chi connectivity index (χ3n) is 3.11. The maximum Gasteiger partial charge on any atom is 0.132 e. The first-order chi connectivity index (χ1) is 9.31. The van der Waals surface area contributed by atoms with Crippen LogP contribution in [0.1, 0.15) is 27.6 Å². The smallest absolute Gasteiger partial charge is 0.132 e. The van der Waals surface area contributed by atoms with Crippen molar-refractivity contribution in [2.75, 3.05) is 0 Å². The molecule has 1 unspecified atom stereocenters. The second-order valence-electron chi connectivity index (χ2n) is 4.60. The summed E-state index contributed by atoms with van der Waals surface area (Å²) in [6, 6.07) is 4.91. The second kappa shape index (κ2) is 5.78. The molecule has 2 aromatic rings. The van der Waals surface area contributed by atoms with Gasteiger partial charge in [-0.1, -0.05) is 15.9 Å². The maximum atomic E-state index is 14.0. The van der Waals surface area contributed by atoms with Gasteiger partial charge in [-0.3, -0.25) is 0 Å². The minimum absolute atomic E-state index is 0.229. The second-order valence-corrected chi connectivity index (χ2v) is 5.95. The van der Waals surface area contributed by atoms with Crippen LogP contribution in [0.2, 0.25) is 0 Å². The van der Waals surface area contributed by atoms with Crippen LogP contribution in [0.4, 0.5) is 13.2 Å². The van der Waals surface area contributed by atoms with Crippen molar-refractivity contribution in [1.82, 2.24) is 0 Å². The largest absolute Gasteiger partial charge is 0.207 e. The van der Waals surface area contributed by atoms with Crippen LogP contribution in [0, 0.1) is 31.3 Å².